The lowest BCUT2D eigenvalue weighted by molar-refractivity contribution is 0.140. The van der Waals surface area contributed by atoms with Crippen LogP contribution in [0.4, 0.5) is 0 Å². The van der Waals surface area contributed by atoms with E-state index in [1.807, 2.05) is 6.20 Å². The molecule has 0 bridgehead atoms. The van der Waals surface area contributed by atoms with E-state index in [1.54, 1.807) is 4.68 Å². The van der Waals surface area contributed by atoms with Gasteiger partial charge in [-0.3, -0.25) is 9.58 Å². The number of nitrogens with two attached hydrogens (primary N) is 1. The minimum atomic E-state index is 0.598. The lowest BCUT2D eigenvalue weighted by Crippen LogP contribution is -2.26. The molecule has 1 aliphatic heterocycles. The third kappa shape index (κ3) is 3.26. The van der Waals surface area contributed by atoms with E-state index in [9.17, 15) is 0 Å². The van der Waals surface area contributed by atoms with E-state index in [1.165, 1.54) is 0 Å². The molecule has 1 aromatic rings. The molecule has 90 valence electrons. The molecule has 2 heterocycles. The van der Waals surface area contributed by atoms with Crippen LogP contribution in [0.1, 0.15) is 12.1 Å². The lowest BCUT2D eigenvalue weighted by atomic mass is 10.3. The van der Waals surface area contributed by atoms with Crippen molar-refractivity contribution in [2.75, 3.05) is 32.8 Å². The van der Waals surface area contributed by atoms with Gasteiger partial charge in [-0.25, -0.2) is 0 Å². The van der Waals surface area contributed by atoms with E-state index in [4.69, 9.17) is 10.5 Å². The molecular weight excluding hydrogens is 206 g/mol. The second kappa shape index (κ2) is 5.93. The molecule has 0 amide bonds. The minimum absolute atomic E-state index is 0.598. The number of aromatic nitrogens is 3. The van der Waals surface area contributed by atoms with Crippen LogP contribution in [-0.2, 0) is 17.8 Å². The van der Waals surface area contributed by atoms with Gasteiger partial charge in [0.1, 0.15) is 0 Å². The van der Waals surface area contributed by atoms with Crippen LogP contribution in [0.3, 0.4) is 0 Å². The second-order valence-electron chi connectivity index (χ2n) is 4.00. The van der Waals surface area contributed by atoms with Crippen LogP contribution in [0, 0.1) is 0 Å². The standard InChI is InChI=1S/C10H19N5O/c11-2-4-15-9-10(12-13-15)8-14-3-1-6-16-7-5-14/h9H,1-8,11H2. The van der Waals surface area contributed by atoms with E-state index >= 15 is 0 Å². The zero-order valence-electron chi connectivity index (χ0n) is 9.51. The molecule has 1 saturated heterocycles. The Morgan fingerprint density at radius 2 is 2.31 bits per heavy atom. The van der Waals surface area contributed by atoms with Crippen LogP contribution in [0.15, 0.2) is 6.20 Å². The summed E-state index contributed by atoms with van der Waals surface area (Å²) in [5.41, 5.74) is 6.47. The summed E-state index contributed by atoms with van der Waals surface area (Å²) in [6, 6.07) is 0. The zero-order valence-corrected chi connectivity index (χ0v) is 9.51. The molecule has 0 atom stereocenters. The average molecular weight is 225 g/mol. The van der Waals surface area contributed by atoms with E-state index in [0.717, 1.165) is 51.5 Å². The largest absolute Gasteiger partial charge is 0.380 e. The van der Waals surface area contributed by atoms with Gasteiger partial charge in [-0.2, -0.15) is 0 Å². The van der Waals surface area contributed by atoms with Crippen molar-refractivity contribution in [1.82, 2.24) is 19.9 Å². The molecule has 6 nitrogen and oxygen atoms in total. The fourth-order valence-electron chi connectivity index (χ4n) is 1.84. The Balaban J connectivity index is 1.86. The van der Waals surface area contributed by atoms with Gasteiger partial charge in [-0.05, 0) is 6.42 Å². The maximum atomic E-state index is 5.46. The highest BCUT2D eigenvalue weighted by atomic mass is 16.5. The summed E-state index contributed by atoms with van der Waals surface area (Å²) >= 11 is 0. The molecule has 1 aliphatic rings. The van der Waals surface area contributed by atoms with Crippen molar-refractivity contribution >= 4 is 0 Å². The van der Waals surface area contributed by atoms with Crippen LogP contribution in [0.2, 0.25) is 0 Å². The van der Waals surface area contributed by atoms with Crippen molar-refractivity contribution in [1.29, 1.82) is 0 Å². The molecule has 2 N–H and O–H groups in total. The highest BCUT2D eigenvalue weighted by Crippen LogP contribution is 2.04. The molecule has 0 spiro atoms. The van der Waals surface area contributed by atoms with Crippen molar-refractivity contribution in [3.63, 3.8) is 0 Å². The maximum Gasteiger partial charge on any atom is 0.0967 e. The predicted molar refractivity (Wildman–Crippen MR) is 59.8 cm³/mol. The molecule has 0 aliphatic carbocycles. The highest BCUT2D eigenvalue weighted by Gasteiger charge is 2.11. The van der Waals surface area contributed by atoms with Crippen molar-refractivity contribution in [3.8, 4) is 0 Å². The highest BCUT2D eigenvalue weighted by molar-refractivity contribution is 4.92. The molecule has 2 rings (SSSR count). The molecule has 0 saturated carbocycles. The summed E-state index contributed by atoms with van der Waals surface area (Å²) in [6.07, 6.45) is 3.07. The maximum absolute atomic E-state index is 5.46. The Labute approximate surface area is 95.4 Å². The van der Waals surface area contributed by atoms with Gasteiger partial charge >= 0.3 is 0 Å². The van der Waals surface area contributed by atoms with Crippen molar-refractivity contribution in [3.05, 3.63) is 11.9 Å². The van der Waals surface area contributed by atoms with Gasteiger partial charge in [0, 0.05) is 39.0 Å². The number of nitrogens with zero attached hydrogens (tertiary/aromatic N) is 4. The molecule has 0 aromatic carbocycles. The number of rotatable bonds is 4. The first-order chi connectivity index (χ1) is 7.88. The second-order valence-corrected chi connectivity index (χ2v) is 4.00. The van der Waals surface area contributed by atoms with Crippen molar-refractivity contribution < 1.29 is 4.74 Å². The summed E-state index contributed by atoms with van der Waals surface area (Å²) in [5, 5.41) is 8.16. The average Bonchev–Trinajstić information content (AvgIpc) is 2.56. The summed E-state index contributed by atoms with van der Waals surface area (Å²) in [6.45, 7) is 5.92. The van der Waals surface area contributed by atoms with Gasteiger partial charge in [-0.1, -0.05) is 5.21 Å². The first-order valence-corrected chi connectivity index (χ1v) is 5.77. The third-order valence-electron chi connectivity index (χ3n) is 2.64. The molecule has 0 unspecified atom stereocenters. The van der Waals surface area contributed by atoms with Crippen LogP contribution >= 0.6 is 0 Å². The van der Waals surface area contributed by atoms with Gasteiger partial charge in [0.2, 0.25) is 0 Å². The Kier molecular flexibility index (Phi) is 4.26. The van der Waals surface area contributed by atoms with Crippen LogP contribution in [0.25, 0.3) is 0 Å². The first kappa shape index (κ1) is 11.5. The smallest absolute Gasteiger partial charge is 0.0967 e. The summed E-state index contributed by atoms with van der Waals surface area (Å²) < 4.78 is 7.20. The van der Waals surface area contributed by atoms with Gasteiger partial charge in [0.05, 0.1) is 18.8 Å². The van der Waals surface area contributed by atoms with Gasteiger partial charge in [-0.15, -0.1) is 5.10 Å². The molecule has 0 radical (unpaired) electrons. The monoisotopic (exact) mass is 225 g/mol. The van der Waals surface area contributed by atoms with Crippen LogP contribution < -0.4 is 5.73 Å². The molecule has 1 aromatic heterocycles. The van der Waals surface area contributed by atoms with Gasteiger partial charge in [0.15, 0.2) is 0 Å². The van der Waals surface area contributed by atoms with E-state index < -0.39 is 0 Å². The molecule has 6 heteroatoms. The first-order valence-electron chi connectivity index (χ1n) is 5.77. The topological polar surface area (TPSA) is 69.2 Å². The molecule has 1 fully saturated rings. The molecular formula is C10H19N5O. The fraction of sp³-hybridized carbons (Fsp3) is 0.800. The van der Waals surface area contributed by atoms with Crippen LogP contribution in [0.5, 0.6) is 0 Å². The predicted octanol–water partition coefficient (Wildman–Crippen LogP) is -0.541. The van der Waals surface area contributed by atoms with E-state index in [2.05, 4.69) is 15.2 Å². The Morgan fingerprint density at radius 1 is 1.38 bits per heavy atom. The Hall–Kier alpha value is -0.980. The van der Waals surface area contributed by atoms with Gasteiger partial charge < -0.3 is 10.5 Å². The van der Waals surface area contributed by atoms with Crippen molar-refractivity contribution in [2.24, 2.45) is 5.73 Å². The Bertz CT molecular complexity index is 306. The van der Waals surface area contributed by atoms with E-state index in [-0.39, 0.29) is 0 Å². The SMILES string of the molecule is NCCn1cc(CN2CCCOCC2)nn1. The zero-order chi connectivity index (χ0) is 11.2. The summed E-state index contributed by atoms with van der Waals surface area (Å²) in [5.74, 6) is 0. The number of hydrogen-bond acceptors (Lipinski definition) is 5. The quantitative estimate of drug-likeness (QED) is 0.745. The summed E-state index contributed by atoms with van der Waals surface area (Å²) in [7, 11) is 0. The lowest BCUT2D eigenvalue weighted by Gasteiger charge is -2.16. The number of hydrogen-bond donors (Lipinski definition) is 1. The summed E-state index contributed by atoms with van der Waals surface area (Å²) in [4.78, 5) is 2.35. The third-order valence-corrected chi connectivity index (χ3v) is 2.64. The Morgan fingerprint density at radius 3 is 3.19 bits per heavy atom. The van der Waals surface area contributed by atoms with Crippen molar-refractivity contribution in [2.45, 2.75) is 19.5 Å². The minimum Gasteiger partial charge on any atom is -0.380 e. The normalized spacial score (nSPS) is 18.6. The van der Waals surface area contributed by atoms with Gasteiger partial charge in [0.25, 0.3) is 0 Å². The van der Waals surface area contributed by atoms with E-state index in [0.29, 0.717) is 6.54 Å². The number of ether oxygens (including phenoxy) is 1. The fourth-order valence-corrected chi connectivity index (χ4v) is 1.84. The van der Waals surface area contributed by atoms with Crippen LogP contribution in [-0.4, -0.2) is 52.7 Å². The molecule has 16 heavy (non-hydrogen) atoms.